The van der Waals surface area contributed by atoms with Crippen LogP contribution in [-0.4, -0.2) is 32.8 Å². The number of rotatable bonds is 6. The smallest absolute Gasteiger partial charge is 0.382 e. The number of methoxy groups -OCH3 is 1. The molecular formula is C13H16F3NO3. The molecular weight excluding hydrogens is 275 g/mol. The normalized spacial score (nSPS) is 11.4. The Morgan fingerprint density at radius 2 is 2.00 bits per heavy atom. The van der Waals surface area contributed by atoms with Crippen molar-refractivity contribution in [3.63, 3.8) is 0 Å². The number of amides is 1. The number of alkyl halides is 3. The first-order valence-corrected chi connectivity index (χ1v) is 5.89. The molecule has 0 fully saturated rings. The number of halogens is 3. The Labute approximate surface area is 114 Å². The van der Waals surface area contributed by atoms with Crippen LogP contribution in [-0.2, 0) is 20.4 Å². The summed E-state index contributed by atoms with van der Waals surface area (Å²) in [5.74, 6) is -0.511. The molecule has 0 aromatic heterocycles. The summed E-state index contributed by atoms with van der Waals surface area (Å²) in [5, 5.41) is 2.39. The molecule has 0 radical (unpaired) electrons. The minimum absolute atomic E-state index is 0.125. The molecule has 0 unspecified atom stereocenters. The summed E-state index contributed by atoms with van der Waals surface area (Å²) in [6.07, 6.45) is -4.44. The second-order valence-electron chi connectivity index (χ2n) is 4.12. The molecule has 0 aliphatic carbocycles. The van der Waals surface area contributed by atoms with Crippen molar-refractivity contribution in [3.8, 4) is 0 Å². The molecule has 20 heavy (non-hydrogen) atoms. The largest absolute Gasteiger partial charge is 0.416 e. The van der Waals surface area contributed by atoms with Crippen LogP contribution < -0.4 is 5.32 Å². The number of anilines is 1. The Kier molecular flexibility index (Phi) is 5.97. The molecule has 0 spiro atoms. The number of aryl methyl sites for hydroxylation is 1. The monoisotopic (exact) mass is 291 g/mol. The molecule has 1 aromatic carbocycles. The minimum Gasteiger partial charge on any atom is -0.382 e. The number of carbonyl (C=O) groups excluding carboxylic acids is 1. The summed E-state index contributed by atoms with van der Waals surface area (Å²) in [6, 6.07) is 3.19. The van der Waals surface area contributed by atoms with Crippen molar-refractivity contribution < 1.29 is 27.4 Å². The van der Waals surface area contributed by atoms with Crippen molar-refractivity contribution in [2.45, 2.75) is 13.1 Å². The van der Waals surface area contributed by atoms with Gasteiger partial charge in [0.2, 0.25) is 5.91 Å². The first kappa shape index (κ1) is 16.5. The summed E-state index contributed by atoms with van der Waals surface area (Å²) in [4.78, 5) is 11.5. The third-order valence-electron chi connectivity index (χ3n) is 2.50. The summed E-state index contributed by atoms with van der Waals surface area (Å²) >= 11 is 0. The number of ether oxygens (including phenoxy) is 2. The maximum Gasteiger partial charge on any atom is 0.416 e. The second-order valence-corrected chi connectivity index (χ2v) is 4.12. The van der Waals surface area contributed by atoms with Gasteiger partial charge in [0, 0.05) is 12.8 Å². The predicted molar refractivity (Wildman–Crippen MR) is 67.5 cm³/mol. The van der Waals surface area contributed by atoms with Crippen LogP contribution in [0.2, 0.25) is 0 Å². The van der Waals surface area contributed by atoms with Crippen LogP contribution in [0.3, 0.4) is 0 Å². The zero-order valence-electron chi connectivity index (χ0n) is 11.2. The van der Waals surface area contributed by atoms with Gasteiger partial charge in [-0.1, -0.05) is 6.07 Å². The SMILES string of the molecule is COCCOCC(=O)Nc1cc(C(F)(F)F)ccc1C. The van der Waals surface area contributed by atoms with Gasteiger partial charge in [0.1, 0.15) is 6.61 Å². The molecule has 0 heterocycles. The Bertz CT molecular complexity index is 461. The molecule has 0 atom stereocenters. The van der Waals surface area contributed by atoms with Crippen LogP contribution in [0.1, 0.15) is 11.1 Å². The Morgan fingerprint density at radius 3 is 2.60 bits per heavy atom. The van der Waals surface area contributed by atoms with Crippen molar-refractivity contribution in [3.05, 3.63) is 29.3 Å². The lowest BCUT2D eigenvalue weighted by Crippen LogP contribution is -2.20. The van der Waals surface area contributed by atoms with Crippen LogP contribution in [0.15, 0.2) is 18.2 Å². The van der Waals surface area contributed by atoms with E-state index >= 15 is 0 Å². The van der Waals surface area contributed by atoms with E-state index < -0.39 is 17.6 Å². The zero-order valence-corrected chi connectivity index (χ0v) is 11.2. The van der Waals surface area contributed by atoms with E-state index in [0.29, 0.717) is 12.2 Å². The summed E-state index contributed by atoms with van der Waals surface area (Å²) in [7, 11) is 1.50. The van der Waals surface area contributed by atoms with Crippen molar-refractivity contribution in [2.75, 3.05) is 32.2 Å². The van der Waals surface area contributed by atoms with Gasteiger partial charge in [-0.2, -0.15) is 13.2 Å². The average molecular weight is 291 g/mol. The summed E-state index contributed by atoms with van der Waals surface area (Å²) < 4.78 is 47.4. The van der Waals surface area contributed by atoms with Crippen LogP contribution in [0.25, 0.3) is 0 Å². The molecule has 4 nitrogen and oxygen atoms in total. The Hall–Kier alpha value is -1.60. The first-order chi connectivity index (χ1) is 9.34. The van der Waals surface area contributed by atoms with Gasteiger partial charge >= 0.3 is 6.18 Å². The van der Waals surface area contributed by atoms with Crippen molar-refractivity contribution >= 4 is 11.6 Å². The highest BCUT2D eigenvalue weighted by atomic mass is 19.4. The van der Waals surface area contributed by atoms with Crippen molar-refractivity contribution in [1.29, 1.82) is 0 Å². The fourth-order valence-electron chi connectivity index (χ4n) is 1.43. The van der Waals surface area contributed by atoms with Gasteiger partial charge in [-0.3, -0.25) is 4.79 Å². The number of benzene rings is 1. The van der Waals surface area contributed by atoms with Gasteiger partial charge in [0.15, 0.2) is 0 Å². The van der Waals surface area contributed by atoms with E-state index in [-0.39, 0.29) is 18.9 Å². The van der Waals surface area contributed by atoms with E-state index in [0.717, 1.165) is 12.1 Å². The molecule has 1 N–H and O–H groups in total. The highest BCUT2D eigenvalue weighted by Crippen LogP contribution is 2.31. The fourth-order valence-corrected chi connectivity index (χ4v) is 1.43. The number of hydrogen-bond acceptors (Lipinski definition) is 3. The molecule has 0 aliphatic heterocycles. The maximum atomic E-state index is 12.6. The zero-order chi connectivity index (χ0) is 15.2. The van der Waals surface area contributed by atoms with Gasteiger partial charge in [0.25, 0.3) is 0 Å². The molecule has 7 heteroatoms. The third-order valence-corrected chi connectivity index (χ3v) is 2.50. The number of carbonyl (C=O) groups is 1. The van der Waals surface area contributed by atoms with Crippen LogP contribution >= 0.6 is 0 Å². The van der Waals surface area contributed by atoms with Gasteiger partial charge in [-0.25, -0.2) is 0 Å². The highest BCUT2D eigenvalue weighted by molar-refractivity contribution is 5.92. The van der Waals surface area contributed by atoms with E-state index in [9.17, 15) is 18.0 Å². The topological polar surface area (TPSA) is 47.6 Å². The van der Waals surface area contributed by atoms with Gasteiger partial charge in [0.05, 0.1) is 18.8 Å². The molecule has 1 rings (SSSR count). The summed E-state index contributed by atoms with van der Waals surface area (Å²) in [6.45, 7) is 1.96. The quantitative estimate of drug-likeness (QED) is 0.820. The van der Waals surface area contributed by atoms with Crippen LogP contribution in [0.5, 0.6) is 0 Å². The van der Waals surface area contributed by atoms with E-state index in [4.69, 9.17) is 9.47 Å². The second kappa shape index (κ2) is 7.25. The highest BCUT2D eigenvalue weighted by Gasteiger charge is 2.30. The van der Waals surface area contributed by atoms with E-state index in [2.05, 4.69) is 5.32 Å². The van der Waals surface area contributed by atoms with E-state index in [1.807, 2.05) is 0 Å². The van der Waals surface area contributed by atoms with E-state index in [1.54, 1.807) is 6.92 Å². The fraction of sp³-hybridized carbons (Fsp3) is 0.462. The molecule has 1 amide bonds. The van der Waals surface area contributed by atoms with Crippen molar-refractivity contribution in [2.24, 2.45) is 0 Å². The predicted octanol–water partition coefficient (Wildman–Crippen LogP) is 2.62. The number of hydrogen-bond donors (Lipinski definition) is 1. The van der Waals surface area contributed by atoms with Crippen LogP contribution in [0, 0.1) is 6.92 Å². The molecule has 0 aliphatic rings. The average Bonchev–Trinajstić information content (AvgIpc) is 2.36. The first-order valence-electron chi connectivity index (χ1n) is 5.89. The molecule has 1 aromatic rings. The molecule has 0 bridgehead atoms. The standard InChI is InChI=1S/C13H16F3NO3/c1-9-3-4-10(13(14,15)16)7-11(9)17-12(18)8-20-6-5-19-2/h3-4,7H,5-6,8H2,1-2H3,(H,17,18). The Morgan fingerprint density at radius 1 is 1.30 bits per heavy atom. The van der Waals surface area contributed by atoms with Gasteiger partial charge < -0.3 is 14.8 Å². The van der Waals surface area contributed by atoms with E-state index in [1.165, 1.54) is 13.2 Å². The van der Waals surface area contributed by atoms with Crippen LogP contribution in [0.4, 0.5) is 18.9 Å². The lowest BCUT2D eigenvalue weighted by atomic mass is 10.1. The molecule has 112 valence electrons. The molecule has 0 saturated carbocycles. The summed E-state index contributed by atoms with van der Waals surface area (Å²) in [5.41, 5.74) is -0.137. The lowest BCUT2D eigenvalue weighted by Gasteiger charge is -2.12. The maximum absolute atomic E-state index is 12.6. The molecule has 0 saturated heterocycles. The number of nitrogens with one attached hydrogen (secondary N) is 1. The Balaban J connectivity index is 2.65. The minimum atomic E-state index is -4.44. The lowest BCUT2D eigenvalue weighted by molar-refractivity contribution is -0.137. The van der Waals surface area contributed by atoms with Gasteiger partial charge in [-0.05, 0) is 24.6 Å². The van der Waals surface area contributed by atoms with Crippen molar-refractivity contribution in [1.82, 2.24) is 0 Å². The van der Waals surface area contributed by atoms with Gasteiger partial charge in [-0.15, -0.1) is 0 Å². The third kappa shape index (κ3) is 5.18.